The van der Waals surface area contributed by atoms with Gasteiger partial charge in [-0.05, 0) is 41.5 Å². The van der Waals surface area contributed by atoms with Crippen LogP contribution in [-0.2, 0) is 0 Å². The van der Waals surface area contributed by atoms with Gasteiger partial charge < -0.3 is 9.84 Å². The third kappa shape index (κ3) is 2.14. The van der Waals surface area contributed by atoms with E-state index in [0.29, 0.717) is 9.45 Å². The Balaban J connectivity index is 2.31. The summed E-state index contributed by atoms with van der Waals surface area (Å²) in [6.45, 7) is 0. The second kappa shape index (κ2) is 3.72. The number of carbonyl (C=O) groups is 1. The highest BCUT2D eigenvalue weighted by Gasteiger charge is 2.25. The summed E-state index contributed by atoms with van der Waals surface area (Å²) < 4.78 is 6.08. The highest BCUT2D eigenvalue weighted by Crippen LogP contribution is 2.29. The number of aromatic carboxylic acids is 1. The topological polar surface area (TPSA) is 59.4 Å². The monoisotopic (exact) mass is 305 g/mol. The zero-order valence-electron chi connectivity index (χ0n) is 7.24. The van der Waals surface area contributed by atoms with Gasteiger partial charge in [0.2, 0.25) is 0 Å². The van der Waals surface area contributed by atoms with Crippen molar-refractivity contribution < 1.29 is 14.6 Å². The van der Waals surface area contributed by atoms with E-state index in [0.717, 1.165) is 12.8 Å². The van der Waals surface area contributed by atoms with Gasteiger partial charge in [0, 0.05) is 0 Å². The van der Waals surface area contributed by atoms with Crippen LogP contribution in [-0.4, -0.2) is 22.2 Å². The van der Waals surface area contributed by atoms with E-state index in [1.54, 1.807) is 0 Å². The lowest BCUT2D eigenvalue weighted by molar-refractivity contribution is 0.0691. The summed E-state index contributed by atoms with van der Waals surface area (Å²) in [4.78, 5) is 14.9. The van der Waals surface area contributed by atoms with E-state index in [1.165, 1.54) is 12.3 Å². The molecule has 0 saturated heterocycles. The van der Waals surface area contributed by atoms with Crippen LogP contribution in [0.4, 0.5) is 0 Å². The van der Waals surface area contributed by atoms with Crippen LogP contribution in [0.15, 0.2) is 12.3 Å². The molecular weight excluding hydrogens is 297 g/mol. The number of rotatable bonds is 3. The molecule has 0 spiro atoms. The van der Waals surface area contributed by atoms with E-state index in [4.69, 9.17) is 9.84 Å². The minimum atomic E-state index is -0.971. The molecule has 0 amide bonds. The van der Waals surface area contributed by atoms with Gasteiger partial charge >= 0.3 is 5.97 Å². The molecule has 1 aromatic rings. The minimum absolute atomic E-state index is 0.190. The van der Waals surface area contributed by atoms with Crippen LogP contribution in [0.5, 0.6) is 5.75 Å². The summed E-state index contributed by atoms with van der Waals surface area (Å²) >= 11 is 1.97. The molecule has 0 aliphatic heterocycles. The van der Waals surface area contributed by atoms with Gasteiger partial charge in [-0.3, -0.25) is 0 Å². The third-order valence-corrected chi connectivity index (χ3v) is 2.47. The first kappa shape index (κ1) is 9.70. The summed E-state index contributed by atoms with van der Waals surface area (Å²) in [7, 11) is 0. The van der Waals surface area contributed by atoms with E-state index < -0.39 is 5.97 Å². The highest BCUT2D eigenvalue weighted by molar-refractivity contribution is 14.1. The Hall–Kier alpha value is -0.850. The van der Waals surface area contributed by atoms with Crippen LogP contribution in [0.1, 0.15) is 23.2 Å². The zero-order valence-corrected chi connectivity index (χ0v) is 9.39. The van der Waals surface area contributed by atoms with E-state index in [-0.39, 0.29) is 11.7 Å². The molecule has 1 fully saturated rings. The lowest BCUT2D eigenvalue weighted by atomic mass is 10.2. The average Bonchev–Trinajstić information content (AvgIpc) is 2.91. The van der Waals surface area contributed by atoms with Crippen molar-refractivity contribution in [2.24, 2.45) is 0 Å². The highest BCUT2D eigenvalue weighted by atomic mass is 127. The molecule has 1 aliphatic rings. The Morgan fingerprint density at radius 3 is 2.93 bits per heavy atom. The van der Waals surface area contributed by atoms with Gasteiger partial charge in [0.15, 0.2) is 5.75 Å². The number of carboxylic acids is 1. The standard InChI is InChI=1S/C9H8INO3/c10-8-3-6(9(12)13)7(4-11-8)14-5-1-2-5/h3-5H,1-2H2,(H,12,13). The molecule has 0 radical (unpaired) electrons. The molecule has 1 aromatic heterocycles. The number of ether oxygens (including phenoxy) is 1. The number of carboxylic acid groups (broad SMARTS) is 1. The lowest BCUT2D eigenvalue weighted by Crippen LogP contribution is -2.05. The first-order valence-corrected chi connectivity index (χ1v) is 5.30. The van der Waals surface area contributed by atoms with E-state index in [1.807, 2.05) is 22.6 Å². The first-order valence-electron chi connectivity index (χ1n) is 4.22. The van der Waals surface area contributed by atoms with Gasteiger partial charge in [-0.2, -0.15) is 0 Å². The Morgan fingerprint density at radius 2 is 2.36 bits per heavy atom. The number of hydrogen-bond acceptors (Lipinski definition) is 3. The van der Waals surface area contributed by atoms with Crippen molar-refractivity contribution in [3.8, 4) is 5.75 Å². The molecule has 1 heterocycles. The Labute approximate surface area is 94.4 Å². The number of nitrogens with zero attached hydrogens (tertiary/aromatic N) is 1. The van der Waals surface area contributed by atoms with Gasteiger partial charge in [0.05, 0.1) is 12.3 Å². The summed E-state index contributed by atoms with van der Waals surface area (Å²) in [6.07, 6.45) is 3.68. The number of pyridine rings is 1. The Morgan fingerprint density at radius 1 is 1.64 bits per heavy atom. The quantitative estimate of drug-likeness (QED) is 0.685. The third-order valence-electron chi connectivity index (χ3n) is 1.88. The summed E-state index contributed by atoms with van der Waals surface area (Å²) in [5.41, 5.74) is 0.191. The minimum Gasteiger partial charge on any atom is -0.488 e. The Kier molecular flexibility index (Phi) is 2.58. The molecule has 1 saturated carbocycles. The van der Waals surface area contributed by atoms with Crippen molar-refractivity contribution in [3.05, 3.63) is 21.5 Å². The molecule has 2 rings (SSSR count). The zero-order chi connectivity index (χ0) is 10.1. The van der Waals surface area contributed by atoms with Crippen LogP contribution in [0.3, 0.4) is 0 Å². The van der Waals surface area contributed by atoms with Gasteiger partial charge in [-0.1, -0.05) is 0 Å². The molecule has 0 atom stereocenters. The van der Waals surface area contributed by atoms with Crippen molar-refractivity contribution in [2.45, 2.75) is 18.9 Å². The molecule has 14 heavy (non-hydrogen) atoms. The smallest absolute Gasteiger partial charge is 0.339 e. The molecule has 0 aromatic carbocycles. The molecule has 1 N–H and O–H groups in total. The molecular formula is C9H8INO3. The van der Waals surface area contributed by atoms with Gasteiger partial charge in [-0.15, -0.1) is 0 Å². The first-order chi connectivity index (χ1) is 6.66. The van der Waals surface area contributed by atoms with E-state index in [2.05, 4.69) is 4.98 Å². The fourth-order valence-electron chi connectivity index (χ4n) is 1.04. The fourth-order valence-corrected chi connectivity index (χ4v) is 1.49. The molecule has 74 valence electrons. The van der Waals surface area contributed by atoms with Crippen LogP contribution in [0.25, 0.3) is 0 Å². The number of halogens is 1. The lowest BCUT2D eigenvalue weighted by Gasteiger charge is -2.07. The summed E-state index contributed by atoms with van der Waals surface area (Å²) in [6, 6.07) is 1.51. The fraction of sp³-hybridized carbons (Fsp3) is 0.333. The molecule has 1 aliphatic carbocycles. The largest absolute Gasteiger partial charge is 0.488 e. The maximum absolute atomic E-state index is 10.9. The van der Waals surface area contributed by atoms with Crippen molar-refractivity contribution in [2.75, 3.05) is 0 Å². The van der Waals surface area contributed by atoms with Crippen LogP contribution >= 0.6 is 22.6 Å². The number of aromatic nitrogens is 1. The molecule has 4 nitrogen and oxygen atoms in total. The summed E-state index contributed by atoms with van der Waals surface area (Å²) in [5, 5.41) is 8.91. The van der Waals surface area contributed by atoms with Crippen LogP contribution in [0, 0.1) is 3.70 Å². The predicted octanol–water partition coefficient (Wildman–Crippen LogP) is 1.93. The molecule has 0 unspecified atom stereocenters. The molecule has 5 heteroatoms. The maximum Gasteiger partial charge on any atom is 0.339 e. The SMILES string of the molecule is O=C(O)c1cc(I)ncc1OC1CC1. The van der Waals surface area contributed by atoms with Crippen LogP contribution in [0.2, 0.25) is 0 Å². The van der Waals surface area contributed by atoms with E-state index >= 15 is 0 Å². The van der Waals surface area contributed by atoms with E-state index in [9.17, 15) is 4.79 Å². The molecule has 0 bridgehead atoms. The van der Waals surface area contributed by atoms with Crippen molar-refractivity contribution in [3.63, 3.8) is 0 Å². The van der Waals surface area contributed by atoms with Gasteiger partial charge in [-0.25, -0.2) is 9.78 Å². The second-order valence-corrected chi connectivity index (χ2v) is 4.23. The van der Waals surface area contributed by atoms with Gasteiger partial charge in [0.25, 0.3) is 0 Å². The van der Waals surface area contributed by atoms with Crippen molar-refractivity contribution in [1.82, 2.24) is 4.98 Å². The number of hydrogen-bond donors (Lipinski definition) is 1. The van der Waals surface area contributed by atoms with Crippen LogP contribution < -0.4 is 4.74 Å². The second-order valence-electron chi connectivity index (χ2n) is 3.13. The van der Waals surface area contributed by atoms with Crippen molar-refractivity contribution in [1.29, 1.82) is 0 Å². The average molecular weight is 305 g/mol. The predicted molar refractivity (Wildman–Crippen MR) is 57.6 cm³/mol. The van der Waals surface area contributed by atoms with Gasteiger partial charge in [0.1, 0.15) is 9.26 Å². The normalized spacial score (nSPS) is 15.2. The van der Waals surface area contributed by atoms with Crippen molar-refractivity contribution >= 4 is 28.6 Å². The Bertz CT molecular complexity index is 376. The maximum atomic E-state index is 10.9. The summed E-state index contributed by atoms with van der Waals surface area (Å²) in [5.74, 6) is -0.596.